The van der Waals surface area contributed by atoms with Crippen molar-refractivity contribution >= 4 is 34.8 Å². The maximum atomic E-state index is 12.2. The topological polar surface area (TPSA) is 29.1 Å². The normalized spacial score (nSPS) is 20.6. The molecule has 0 spiro atoms. The Bertz CT molecular complexity index is 474. The van der Waals surface area contributed by atoms with Gasteiger partial charge in [-0.3, -0.25) is 4.79 Å². The number of hydrogen-bond acceptors (Lipinski definition) is 1. The van der Waals surface area contributed by atoms with Gasteiger partial charge in [-0.1, -0.05) is 50.9 Å². The molecule has 0 heterocycles. The monoisotopic (exact) mass is 285 g/mol. The Labute approximate surface area is 118 Å². The molecule has 0 unspecified atom stereocenters. The van der Waals surface area contributed by atoms with Crippen molar-refractivity contribution in [1.29, 1.82) is 0 Å². The Morgan fingerprint density at radius 2 is 1.50 bits per heavy atom. The van der Waals surface area contributed by atoms with E-state index in [9.17, 15) is 4.79 Å². The number of nitrogens with one attached hydrogen (secondary N) is 1. The average molecular weight is 286 g/mol. The van der Waals surface area contributed by atoms with Crippen molar-refractivity contribution in [2.45, 2.75) is 27.7 Å². The summed E-state index contributed by atoms with van der Waals surface area (Å²) in [5.74, 6) is 0.0473. The van der Waals surface area contributed by atoms with E-state index in [2.05, 4.69) is 33.0 Å². The summed E-state index contributed by atoms with van der Waals surface area (Å²) in [5.41, 5.74) is 0.704. The average Bonchev–Trinajstić information content (AvgIpc) is 2.54. The van der Waals surface area contributed by atoms with Crippen LogP contribution in [0.5, 0.6) is 0 Å². The Hall–Kier alpha value is -0.730. The second-order valence-electron chi connectivity index (χ2n) is 6.02. The number of benzene rings is 1. The SMILES string of the molecule is CC1(C)C(C(=O)Nc2cc(Cl)cc(Cl)c2)C1(C)C. The molecule has 18 heavy (non-hydrogen) atoms. The predicted molar refractivity (Wildman–Crippen MR) is 76.1 cm³/mol. The van der Waals surface area contributed by atoms with Crippen LogP contribution in [0.3, 0.4) is 0 Å². The molecule has 4 heteroatoms. The molecule has 1 fully saturated rings. The van der Waals surface area contributed by atoms with Crippen LogP contribution in [0.25, 0.3) is 0 Å². The van der Waals surface area contributed by atoms with Crippen molar-refractivity contribution in [1.82, 2.24) is 0 Å². The minimum atomic E-state index is 0.0164. The van der Waals surface area contributed by atoms with Crippen LogP contribution in [0.2, 0.25) is 10.0 Å². The van der Waals surface area contributed by atoms with Crippen LogP contribution in [0.1, 0.15) is 27.7 Å². The van der Waals surface area contributed by atoms with Crippen molar-refractivity contribution in [2.24, 2.45) is 16.7 Å². The van der Waals surface area contributed by atoms with Crippen LogP contribution < -0.4 is 5.32 Å². The maximum absolute atomic E-state index is 12.2. The smallest absolute Gasteiger partial charge is 0.228 e. The molecule has 1 amide bonds. The molecule has 0 bridgehead atoms. The summed E-state index contributed by atoms with van der Waals surface area (Å²) < 4.78 is 0. The minimum Gasteiger partial charge on any atom is -0.326 e. The van der Waals surface area contributed by atoms with E-state index >= 15 is 0 Å². The third kappa shape index (κ3) is 2.12. The van der Waals surface area contributed by atoms with Crippen LogP contribution in [0, 0.1) is 16.7 Å². The fourth-order valence-electron chi connectivity index (χ4n) is 2.69. The first kappa shape index (κ1) is 13.7. The molecule has 1 aliphatic rings. The Kier molecular flexibility index (Phi) is 3.15. The molecule has 0 aromatic heterocycles. The summed E-state index contributed by atoms with van der Waals surface area (Å²) >= 11 is 11.8. The van der Waals surface area contributed by atoms with Crippen LogP contribution >= 0.6 is 23.2 Å². The summed E-state index contributed by atoms with van der Waals surface area (Å²) in [6, 6.07) is 5.05. The molecule has 1 aromatic carbocycles. The van der Waals surface area contributed by atoms with Crippen LogP contribution in [0.15, 0.2) is 18.2 Å². The second-order valence-corrected chi connectivity index (χ2v) is 6.90. The van der Waals surface area contributed by atoms with E-state index in [0.717, 1.165) is 0 Å². The van der Waals surface area contributed by atoms with E-state index < -0.39 is 0 Å². The molecule has 0 atom stereocenters. The molecule has 1 saturated carbocycles. The number of carbonyl (C=O) groups excluding carboxylic acids is 1. The molecular weight excluding hydrogens is 269 g/mol. The summed E-state index contributed by atoms with van der Waals surface area (Å²) in [6.45, 7) is 8.45. The fourth-order valence-corrected chi connectivity index (χ4v) is 3.22. The van der Waals surface area contributed by atoms with Crippen LogP contribution in [-0.2, 0) is 4.79 Å². The zero-order valence-corrected chi connectivity index (χ0v) is 12.5. The van der Waals surface area contributed by atoms with Gasteiger partial charge in [0.1, 0.15) is 0 Å². The number of halogens is 2. The van der Waals surface area contributed by atoms with Crippen LogP contribution in [-0.4, -0.2) is 5.91 Å². The maximum Gasteiger partial charge on any atom is 0.228 e. The molecule has 1 aromatic rings. The molecule has 0 radical (unpaired) electrons. The highest BCUT2D eigenvalue weighted by atomic mass is 35.5. The van der Waals surface area contributed by atoms with Gasteiger partial charge in [-0.05, 0) is 29.0 Å². The van der Waals surface area contributed by atoms with Gasteiger partial charge in [0, 0.05) is 21.7 Å². The summed E-state index contributed by atoms with van der Waals surface area (Å²) in [7, 11) is 0. The fraction of sp³-hybridized carbons (Fsp3) is 0.500. The number of hydrogen-bond donors (Lipinski definition) is 1. The van der Waals surface area contributed by atoms with Crippen molar-refractivity contribution in [2.75, 3.05) is 5.32 Å². The molecule has 1 N–H and O–H groups in total. The zero-order chi connectivity index (χ0) is 13.7. The number of anilines is 1. The lowest BCUT2D eigenvalue weighted by atomic mass is 10.0. The van der Waals surface area contributed by atoms with Gasteiger partial charge in [0.15, 0.2) is 0 Å². The molecule has 0 aliphatic heterocycles. The van der Waals surface area contributed by atoms with Gasteiger partial charge >= 0.3 is 0 Å². The highest BCUT2D eigenvalue weighted by molar-refractivity contribution is 6.35. The number of amides is 1. The lowest BCUT2D eigenvalue weighted by Gasteiger charge is -2.07. The first-order valence-corrected chi connectivity index (χ1v) is 6.69. The Morgan fingerprint density at radius 1 is 1.06 bits per heavy atom. The molecule has 1 aliphatic carbocycles. The van der Waals surface area contributed by atoms with Crippen molar-refractivity contribution < 1.29 is 4.79 Å². The minimum absolute atomic E-state index is 0.0164. The van der Waals surface area contributed by atoms with Crippen molar-refractivity contribution in [3.63, 3.8) is 0 Å². The Morgan fingerprint density at radius 3 is 1.89 bits per heavy atom. The van der Waals surface area contributed by atoms with Crippen molar-refractivity contribution in [3.05, 3.63) is 28.2 Å². The first-order valence-electron chi connectivity index (χ1n) is 5.93. The quantitative estimate of drug-likeness (QED) is 0.844. The highest BCUT2D eigenvalue weighted by Crippen LogP contribution is 2.68. The van der Waals surface area contributed by atoms with E-state index in [1.54, 1.807) is 18.2 Å². The second kappa shape index (κ2) is 4.14. The molecule has 0 saturated heterocycles. The van der Waals surface area contributed by atoms with Gasteiger partial charge < -0.3 is 5.32 Å². The zero-order valence-electron chi connectivity index (χ0n) is 11.0. The van der Waals surface area contributed by atoms with Gasteiger partial charge in [0.05, 0.1) is 0 Å². The van der Waals surface area contributed by atoms with Gasteiger partial charge in [-0.15, -0.1) is 0 Å². The van der Waals surface area contributed by atoms with E-state index in [1.807, 2.05) is 0 Å². The van der Waals surface area contributed by atoms with Gasteiger partial charge in [-0.2, -0.15) is 0 Å². The van der Waals surface area contributed by atoms with Gasteiger partial charge in [0.25, 0.3) is 0 Å². The molecular formula is C14H17Cl2NO. The number of carbonyl (C=O) groups is 1. The standard InChI is InChI=1S/C14H17Cl2NO/c1-13(2)11(14(13,3)4)12(18)17-10-6-8(15)5-9(16)7-10/h5-7,11H,1-4H3,(H,17,18). The lowest BCUT2D eigenvalue weighted by molar-refractivity contribution is -0.118. The van der Waals surface area contributed by atoms with Crippen molar-refractivity contribution in [3.8, 4) is 0 Å². The van der Waals surface area contributed by atoms with Crippen LogP contribution in [0.4, 0.5) is 5.69 Å². The Balaban J connectivity index is 2.14. The summed E-state index contributed by atoms with van der Waals surface area (Å²) in [6.07, 6.45) is 0. The molecule has 2 nitrogen and oxygen atoms in total. The van der Waals surface area contributed by atoms with E-state index in [0.29, 0.717) is 15.7 Å². The largest absolute Gasteiger partial charge is 0.326 e. The third-order valence-corrected chi connectivity index (χ3v) is 4.85. The van der Waals surface area contributed by atoms with Gasteiger partial charge in [-0.25, -0.2) is 0 Å². The predicted octanol–water partition coefficient (Wildman–Crippen LogP) is 4.61. The lowest BCUT2D eigenvalue weighted by Crippen LogP contribution is -2.17. The van der Waals surface area contributed by atoms with Gasteiger partial charge in [0.2, 0.25) is 5.91 Å². The summed E-state index contributed by atoms with van der Waals surface area (Å²) in [5, 5.41) is 3.93. The van der Waals surface area contributed by atoms with E-state index in [1.165, 1.54) is 0 Å². The first-order chi connectivity index (χ1) is 8.16. The molecule has 98 valence electrons. The summed E-state index contributed by atoms with van der Waals surface area (Å²) in [4.78, 5) is 12.2. The van der Waals surface area contributed by atoms with E-state index in [-0.39, 0.29) is 22.7 Å². The molecule has 2 rings (SSSR count). The van der Waals surface area contributed by atoms with E-state index in [4.69, 9.17) is 23.2 Å². The highest BCUT2D eigenvalue weighted by Gasteiger charge is 2.68. The number of rotatable bonds is 2. The third-order valence-electron chi connectivity index (χ3n) is 4.41.